The summed E-state index contributed by atoms with van der Waals surface area (Å²) in [4.78, 5) is 59.1. The van der Waals surface area contributed by atoms with Gasteiger partial charge in [-0.15, -0.1) is 0 Å². The Balaban J connectivity index is 1.46. The fourth-order valence-electron chi connectivity index (χ4n) is 5.83. The van der Waals surface area contributed by atoms with Crippen LogP contribution in [0.25, 0.3) is 0 Å². The third-order valence-corrected chi connectivity index (χ3v) is 8.39. The number of carbonyl (C=O) groups excluding carboxylic acids is 4. The molecular formula is C40H52N4O7. The first-order valence-corrected chi connectivity index (χ1v) is 17.7. The summed E-state index contributed by atoms with van der Waals surface area (Å²) in [5.41, 5.74) is 5.48. The van der Waals surface area contributed by atoms with Crippen LogP contribution in [0.2, 0.25) is 0 Å². The van der Waals surface area contributed by atoms with Gasteiger partial charge < -0.3 is 25.4 Å². The number of carbonyl (C=O) groups is 4. The minimum Gasteiger partial charge on any atom is -0.494 e. The number of benzene rings is 3. The summed E-state index contributed by atoms with van der Waals surface area (Å²) >= 11 is 0. The molecule has 0 saturated carbocycles. The molecule has 274 valence electrons. The molecule has 2 aliphatic rings. The molecule has 0 spiro atoms. The van der Waals surface area contributed by atoms with Gasteiger partial charge in [0.15, 0.2) is 0 Å². The number of amides is 4. The van der Waals surface area contributed by atoms with E-state index in [4.69, 9.17) is 14.3 Å². The van der Waals surface area contributed by atoms with E-state index in [0.717, 1.165) is 22.3 Å². The van der Waals surface area contributed by atoms with Gasteiger partial charge in [-0.25, -0.2) is 10.3 Å². The van der Waals surface area contributed by atoms with Crippen LogP contribution < -0.4 is 26.2 Å². The summed E-state index contributed by atoms with van der Waals surface area (Å²) in [6.07, 6.45) is 1.13. The van der Waals surface area contributed by atoms with Crippen LogP contribution in [0, 0.1) is 17.8 Å². The minimum absolute atomic E-state index is 0.109. The average Bonchev–Trinajstić information content (AvgIpc) is 3.09. The van der Waals surface area contributed by atoms with E-state index >= 15 is 0 Å². The molecule has 0 saturated heterocycles. The molecule has 0 fully saturated rings. The summed E-state index contributed by atoms with van der Waals surface area (Å²) in [6, 6.07) is 23.6. The molecule has 3 atom stereocenters. The molecule has 2 bridgehead atoms. The molecule has 3 unspecified atom stereocenters. The zero-order valence-electron chi connectivity index (χ0n) is 30.3. The van der Waals surface area contributed by atoms with Crippen LogP contribution in [0.15, 0.2) is 78.9 Å². The smallest absolute Gasteiger partial charge is 0.407 e. The molecule has 0 aliphatic carbocycles. The Morgan fingerprint density at radius 2 is 1.51 bits per heavy atom. The first-order valence-electron chi connectivity index (χ1n) is 17.7. The lowest BCUT2D eigenvalue weighted by atomic mass is 9.81. The average molecular weight is 701 g/mol. The highest BCUT2D eigenvalue weighted by molar-refractivity contribution is 5.91. The summed E-state index contributed by atoms with van der Waals surface area (Å²) in [6.45, 7) is 10.5. The number of hydroxylamine groups is 1. The molecule has 4 N–H and O–H groups in total. The highest BCUT2D eigenvalue weighted by Gasteiger charge is 2.36. The molecule has 3 aromatic rings. The van der Waals surface area contributed by atoms with Gasteiger partial charge in [-0.2, -0.15) is 0 Å². The van der Waals surface area contributed by atoms with Gasteiger partial charge in [-0.05, 0) is 80.3 Å². The Morgan fingerprint density at radius 3 is 2.14 bits per heavy atom. The number of hydrogen-bond acceptors (Lipinski definition) is 7. The fourth-order valence-corrected chi connectivity index (χ4v) is 5.83. The van der Waals surface area contributed by atoms with Crippen molar-refractivity contribution in [3.8, 4) is 5.75 Å². The maximum Gasteiger partial charge on any atom is 0.407 e. The van der Waals surface area contributed by atoms with Crippen molar-refractivity contribution in [1.29, 1.82) is 0 Å². The lowest BCUT2D eigenvalue weighted by Crippen LogP contribution is -2.51. The Labute approximate surface area is 301 Å². The van der Waals surface area contributed by atoms with Crippen LogP contribution >= 0.6 is 0 Å². The van der Waals surface area contributed by atoms with E-state index in [0.29, 0.717) is 38.2 Å². The van der Waals surface area contributed by atoms with Crippen molar-refractivity contribution in [2.75, 3.05) is 6.61 Å². The van der Waals surface area contributed by atoms with E-state index in [1.54, 1.807) is 20.8 Å². The lowest BCUT2D eigenvalue weighted by molar-refractivity contribution is -0.145. The first kappa shape index (κ1) is 38.9. The first-order chi connectivity index (χ1) is 24.4. The Morgan fingerprint density at radius 1 is 0.863 bits per heavy atom. The predicted molar refractivity (Wildman–Crippen MR) is 194 cm³/mol. The van der Waals surface area contributed by atoms with E-state index in [-0.39, 0.29) is 43.2 Å². The third kappa shape index (κ3) is 13.4. The second-order valence-electron chi connectivity index (χ2n) is 14.4. The standard InChI is InChI=1S/C40H52N4O7/c1-27(2)22-34-33(37(46)44-50-26-31-10-7-6-8-11-31)12-9-21-49-32-19-17-28(18-20-32)23-35(43-36(34)45)38(47)41-24-29-13-15-30(16-14-29)25-42-39(48)51-40(3,4)5/h6-8,10-11,13-20,27,33-35H,9,12,21-26H2,1-5H3,(H,41,47)(H,42,48)(H,43,45)(H,44,46). The topological polar surface area (TPSA) is 144 Å². The summed E-state index contributed by atoms with van der Waals surface area (Å²) in [5, 5.41) is 8.73. The second-order valence-corrected chi connectivity index (χ2v) is 14.4. The quantitative estimate of drug-likeness (QED) is 0.187. The van der Waals surface area contributed by atoms with Crippen LogP contribution in [-0.4, -0.2) is 42.1 Å². The summed E-state index contributed by atoms with van der Waals surface area (Å²) in [7, 11) is 0. The van der Waals surface area contributed by atoms with Gasteiger partial charge in [0.2, 0.25) is 17.7 Å². The number of fused-ring (bicyclic) bond motifs is 11. The molecule has 2 heterocycles. The molecule has 2 aliphatic heterocycles. The lowest BCUT2D eigenvalue weighted by Gasteiger charge is -2.29. The van der Waals surface area contributed by atoms with Gasteiger partial charge in [0.05, 0.1) is 19.1 Å². The van der Waals surface area contributed by atoms with E-state index in [9.17, 15) is 19.2 Å². The van der Waals surface area contributed by atoms with Gasteiger partial charge in [-0.3, -0.25) is 19.2 Å². The zero-order valence-corrected chi connectivity index (χ0v) is 30.3. The van der Waals surface area contributed by atoms with Crippen molar-refractivity contribution in [2.24, 2.45) is 17.8 Å². The number of nitrogens with one attached hydrogen (secondary N) is 4. The normalized spacial score (nSPS) is 18.2. The minimum atomic E-state index is -0.891. The Hall–Kier alpha value is -4.90. The number of rotatable bonds is 11. The summed E-state index contributed by atoms with van der Waals surface area (Å²) < 4.78 is 11.3. The highest BCUT2D eigenvalue weighted by atomic mass is 16.6. The number of alkyl carbamates (subject to hydrolysis) is 1. The van der Waals surface area contributed by atoms with Crippen molar-refractivity contribution in [1.82, 2.24) is 21.4 Å². The van der Waals surface area contributed by atoms with Crippen LogP contribution in [-0.2, 0) is 50.1 Å². The number of hydrogen-bond donors (Lipinski definition) is 4. The van der Waals surface area contributed by atoms with E-state index in [2.05, 4.69) is 21.4 Å². The van der Waals surface area contributed by atoms with Crippen LogP contribution in [0.1, 0.15) is 76.1 Å². The zero-order chi connectivity index (χ0) is 36.8. The predicted octanol–water partition coefficient (Wildman–Crippen LogP) is 5.75. The molecule has 4 amide bonds. The van der Waals surface area contributed by atoms with Gasteiger partial charge in [0, 0.05) is 25.4 Å². The monoisotopic (exact) mass is 700 g/mol. The van der Waals surface area contributed by atoms with Gasteiger partial charge in [-0.1, -0.05) is 80.6 Å². The van der Waals surface area contributed by atoms with Crippen molar-refractivity contribution < 1.29 is 33.5 Å². The van der Waals surface area contributed by atoms with Gasteiger partial charge in [0.1, 0.15) is 17.4 Å². The summed E-state index contributed by atoms with van der Waals surface area (Å²) in [5.74, 6) is -1.69. The Kier molecular flexibility index (Phi) is 14.4. The van der Waals surface area contributed by atoms with E-state index in [1.807, 2.05) is 92.7 Å². The fraction of sp³-hybridized carbons (Fsp3) is 0.450. The Bertz CT molecular complexity index is 1570. The molecule has 51 heavy (non-hydrogen) atoms. The van der Waals surface area contributed by atoms with E-state index in [1.165, 1.54) is 0 Å². The van der Waals surface area contributed by atoms with Crippen molar-refractivity contribution in [3.63, 3.8) is 0 Å². The largest absolute Gasteiger partial charge is 0.494 e. The van der Waals surface area contributed by atoms with Crippen LogP contribution in [0.3, 0.4) is 0 Å². The second kappa shape index (κ2) is 18.9. The molecule has 0 radical (unpaired) electrons. The molecule has 11 heteroatoms. The molecule has 11 nitrogen and oxygen atoms in total. The van der Waals surface area contributed by atoms with Crippen LogP contribution in [0.5, 0.6) is 5.75 Å². The third-order valence-electron chi connectivity index (χ3n) is 8.39. The van der Waals surface area contributed by atoms with Gasteiger partial charge in [0.25, 0.3) is 0 Å². The maximum atomic E-state index is 14.1. The number of ether oxygens (including phenoxy) is 2. The van der Waals surface area contributed by atoms with Crippen molar-refractivity contribution in [3.05, 3.63) is 101 Å². The SMILES string of the molecule is CC(C)CC1C(=O)NC(C(=O)NCc2ccc(CNC(=O)OC(C)(C)C)cc2)Cc2ccc(cc2)OCCCC1C(=O)NOCc1ccccc1. The molecular weight excluding hydrogens is 648 g/mol. The van der Waals surface area contributed by atoms with Crippen molar-refractivity contribution in [2.45, 2.75) is 91.6 Å². The molecule has 0 aromatic heterocycles. The van der Waals surface area contributed by atoms with E-state index < -0.39 is 29.6 Å². The van der Waals surface area contributed by atoms with Crippen molar-refractivity contribution >= 4 is 23.8 Å². The molecule has 3 aromatic carbocycles. The maximum absolute atomic E-state index is 14.1. The highest BCUT2D eigenvalue weighted by Crippen LogP contribution is 2.27. The van der Waals surface area contributed by atoms with Gasteiger partial charge >= 0.3 is 6.09 Å². The molecule has 5 rings (SSSR count). The van der Waals surface area contributed by atoms with Crippen LogP contribution in [0.4, 0.5) is 4.79 Å².